The molecule has 1 saturated heterocycles. The quantitative estimate of drug-likeness (QED) is 0.634. The summed E-state index contributed by atoms with van der Waals surface area (Å²) in [5.74, 6) is -2.03. The lowest BCUT2D eigenvalue weighted by atomic mass is 10.2. The maximum Gasteiger partial charge on any atom is 0.322 e. The lowest BCUT2D eigenvalue weighted by molar-refractivity contribution is -0.122. The second-order valence-corrected chi connectivity index (χ2v) is 6.14. The summed E-state index contributed by atoms with van der Waals surface area (Å²) in [6, 6.07) is 8.42. The Bertz CT molecular complexity index is 913. The molecule has 1 N–H and O–H groups in total. The Hall–Kier alpha value is -3.55. The topological polar surface area (TPSA) is 69.7 Å². The zero-order valence-corrected chi connectivity index (χ0v) is 14.8. The third kappa shape index (κ3) is 3.90. The van der Waals surface area contributed by atoms with E-state index in [0.717, 1.165) is 17.0 Å². The summed E-state index contributed by atoms with van der Waals surface area (Å²) in [4.78, 5) is 40.0. The molecule has 0 radical (unpaired) electrons. The largest absolute Gasteiger partial charge is 0.322 e. The van der Waals surface area contributed by atoms with E-state index in [1.165, 1.54) is 47.4 Å². The van der Waals surface area contributed by atoms with Gasteiger partial charge in [-0.2, -0.15) is 0 Å². The van der Waals surface area contributed by atoms with Crippen molar-refractivity contribution in [2.75, 3.05) is 16.8 Å². The van der Waals surface area contributed by atoms with Gasteiger partial charge < -0.3 is 10.2 Å². The molecular formula is C20H17F2N3O3. The number of benzene rings is 2. The van der Waals surface area contributed by atoms with Gasteiger partial charge in [-0.15, -0.1) is 6.58 Å². The highest BCUT2D eigenvalue weighted by molar-refractivity contribution is 6.23. The molecule has 1 heterocycles. The fourth-order valence-corrected chi connectivity index (χ4v) is 2.94. The third-order valence-electron chi connectivity index (χ3n) is 4.27. The van der Waals surface area contributed by atoms with Crippen LogP contribution in [0.5, 0.6) is 0 Å². The van der Waals surface area contributed by atoms with E-state index in [-0.39, 0.29) is 18.7 Å². The first-order valence-corrected chi connectivity index (χ1v) is 8.47. The maximum absolute atomic E-state index is 13.1. The van der Waals surface area contributed by atoms with Gasteiger partial charge in [0.15, 0.2) is 0 Å². The Morgan fingerprint density at radius 3 is 2.25 bits per heavy atom. The highest BCUT2D eigenvalue weighted by Gasteiger charge is 2.44. The van der Waals surface area contributed by atoms with Crippen LogP contribution in [0.1, 0.15) is 6.42 Å². The molecule has 6 nitrogen and oxygen atoms in total. The standard InChI is InChI=1S/C20H17F2N3O3/c1-2-11-24(20(28)23-15-7-3-13(21)4-8-15)17-12-18(26)25(19(17)27)16-9-5-14(22)6-10-16/h2-10,17H,1,11-12H2,(H,23,28). The fraction of sp³-hybridized carbons (Fsp3) is 0.150. The molecule has 1 aliphatic heterocycles. The average molecular weight is 385 g/mol. The van der Waals surface area contributed by atoms with E-state index in [0.29, 0.717) is 5.69 Å². The van der Waals surface area contributed by atoms with E-state index >= 15 is 0 Å². The lowest BCUT2D eigenvalue weighted by Gasteiger charge is -2.26. The van der Waals surface area contributed by atoms with Crippen LogP contribution < -0.4 is 10.2 Å². The van der Waals surface area contributed by atoms with Crippen molar-refractivity contribution >= 4 is 29.2 Å². The number of urea groups is 1. The van der Waals surface area contributed by atoms with E-state index < -0.39 is 35.5 Å². The van der Waals surface area contributed by atoms with Crippen LogP contribution in [0.3, 0.4) is 0 Å². The summed E-state index contributed by atoms with van der Waals surface area (Å²) in [5, 5.41) is 2.57. The molecule has 1 unspecified atom stereocenters. The summed E-state index contributed by atoms with van der Waals surface area (Å²) < 4.78 is 26.2. The number of nitrogens with zero attached hydrogens (tertiary/aromatic N) is 2. The van der Waals surface area contributed by atoms with Crippen LogP contribution in [-0.4, -0.2) is 35.3 Å². The van der Waals surface area contributed by atoms with Crippen LogP contribution >= 0.6 is 0 Å². The summed E-state index contributed by atoms with van der Waals surface area (Å²) in [6.45, 7) is 3.60. The van der Waals surface area contributed by atoms with Gasteiger partial charge in [-0.3, -0.25) is 9.59 Å². The van der Waals surface area contributed by atoms with Crippen LogP contribution in [0, 0.1) is 11.6 Å². The molecular weight excluding hydrogens is 368 g/mol. The van der Waals surface area contributed by atoms with Gasteiger partial charge in [0.05, 0.1) is 12.1 Å². The molecule has 3 rings (SSSR count). The highest BCUT2D eigenvalue weighted by atomic mass is 19.1. The number of halogens is 2. The average Bonchev–Trinajstić information content (AvgIpc) is 2.96. The van der Waals surface area contributed by atoms with Crippen molar-refractivity contribution in [1.29, 1.82) is 0 Å². The minimum atomic E-state index is -1.03. The molecule has 0 aromatic heterocycles. The minimum Gasteiger partial charge on any atom is -0.308 e. The van der Waals surface area contributed by atoms with E-state index in [4.69, 9.17) is 0 Å². The number of hydrogen-bond donors (Lipinski definition) is 1. The first-order valence-electron chi connectivity index (χ1n) is 8.47. The number of rotatable bonds is 5. The number of nitrogens with one attached hydrogen (secondary N) is 1. The minimum absolute atomic E-state index is 0.0218. The predicted octanol–water partition coefficient (Wildman–Crippen LogP) is 3.32. The Balaban J connectivity index is 1.81. The number of hydrogen-bond acceptors (Lipinski definition) is 3. The maximum atomic E-state index is 13.1. The number of amides is 4. The van der Waals surface area contributed by atoms with E-state index in [1.807, 2.05) is 0 Å². The van der Waals surface area contributed by atoms with Crippen LogP contribution in [0.2, 0.25) is 0 Å². The van der Waals surface area contributed by atoms with Gasteiger partial charge in [0.2, 0.25) is 5.91 Å². The van der Waals surface area contributed by atoms with Crippen molar-refractivity contribution in [3.8, 4) is 0 Å². The highest BCUT2D eigenvalue weighted by Crippen LogP contribution is 2.26. The Kier molecular flexibility index (Phi) is 5.49. The molecule has 144 valence electrons. The van der Waals surface area contributed by atoms with Gasteiger partial charge in [-0.05, 0) is 48.5 Å². The van der Waals surface area contributed by atoms with E-state index in [1.54, 1.807) is 0 Å². The van der Waals surface area contributed by atoms with Crippen molar-refractivity contribution in [3.05, 3.63) is 72.8 Å². The van der Waals surface area contributed by atoms with Gasteiger partial charge >= 0.3 is 6.03 Å². The first-order chi connectivity index (χ1) is 13.4. The SMILES string of the molecule is C=CCN(C(=O)Nc1ccc(F)cc1)C1CC(=O)N(c2ccc(F)cc2)C1=O. The Morgan fingerprint density at radius 2 is 1.68 bits per heavy atom. The van der Waals surface area contributed by atoms with E-state index in [9.17, 15) is 23.2 Å². The second kappa shape index (κ2) is 7.99. The normalized spacial score (nSPS) is 16.2. The second-order valence-electron chi connectivity index (χ2n) is 6.14. The lowest BCUT2D eigenvalue weighted by Crippen LogP contribution is -2.47. The number of carbonyl (C=O) groups is 3. The van der Waals surface area contributed by atoms with Crippen LogP contribution in [-0.2, 0) is 9.59 Å². The van der Waals surface area contributed by atoms with Crippen molar-refractivity contribution in [2.24, 2.45) is 0 Å². The molecule has 0 bridgehead atoms. The van der Waals surface area contributed by atoms with Crippen molar-refractivity contribution < 1.29 is 23.2 Å². The van der Waals surface area contributed by atoms with Crippen molar-refractivity contribution in [1.82, 2.24) is 4.90 Å². The summed E-state index contributed by atoms with van der Waals surface area (Å²) >= 11 is 0. The van der Waals surface area contributed by atoms with Crippen LogP contribution in [0.25, 0.3) is 0 Å². The zero-order chi connectivity index (χ0) is 20.3. The molecule has 2 aromatic carbocycles. The van der Waals surface area contributed by atoms with Gasteiger partial charge in [-0.1, -0.05) is 6.08 Å². The molecule has 4 amide bonds. The Labute approximate surface area is 160 Å². The van der Waals surface area contributed by atoms with Gasteiger partial charge in [0, 0.05) is 12.2 Å². The molecule has 0 spiro atoms. The number of imide groups is 1. The summed E-state index contributed by atoms with van der Waals surface area (Å²) in [7, 11) is 0. The molecule has 1 fully saturated rings. The molecule has 1 atom stereocenters. The molecule has 28 heavy (non-hydrogen) atoms. The van der Waals surface area contributed by atoms with Crippen LogP contribution in [0.4, 0.5) is 25.0 Å². The molecule has 0 aliphatic carbocycles. The molecule has 8 heteroatoms. The number of anilines is 2. The third-order valence-corrected chi connectivity index (χ3v) is 4.27. The molecule has 0 saturated carbocycles. The predicted molar refractivity (Wildman–Crippen MR) is 99.6 cm³/mol. The van der Waals surface area contributed by atoms with Gasteiger partial charge in [0.1, 0.15) is 17.7 Å². The summed E-state index contributed by atoms with van der Waals surface area (Å²) in [6.07, 6.45) is 1.23. The monoisotopic (exact) mass is 385 g/mol. The zero-order valence-electron chi connectivity index (χ0n) is 14.8. The van der Waals surface area contributed by atoms with Crippen molar-refractivity contribution in [2.45, 2.75) is 12.5 Å². The van der Waals surface area contributed by atoms with Crippen molar-refractivity contribution in [3.63, 3.8) is 0 Å². The van der Waals surface area contributed by atoms with Crippen LogP contribution in [0.15, 0.2) is 61.2 Å². The number of carbonyl (C=O) groups excluding carboxylic acids is 3. The molecule has 1 aliphatic rings. The Morgan fingerprint density at radius 1 is 1.11 bits per heavy atom. The van der Waals surface area contributed by atoms with E-state index in [2.05, 4.69) is 11.9 Å². The molecule has 2 aromatic rings. The fourth-order valence-electron chi connectivity index (χ4n) is 2.94. The van der Waals surface area contributed by atoms with Gasteiger partial charge in [-0.25, -0.2) is 18.5 Å². The first kappa shape index (κ1) is 19.2. The van der Waals surface area contributed by atoms with Gasteiger partial charge in [0.25, 0.3) is 5.91 Å². The summed E-state index contributed by atoms with van der Waals surface area (Å²) in [5.41, 5.74) is 0.573. The smallest absolute Gasteiger partial charge is 0.308 e.